The number of amides is 1. The maximum Gasteiger partial charge on any atom is 0.299 e. The molecule has 2 heterocycles. The number of nitrogens with zero attached hydrogens (tertiary/aromatic N) is 4. The number of carbonyl (C=O) groups excluding carboxylic acids is 1. The highest BCUT2D eigenvalue weighted by Gasteiger charge is 2.21. The maximum atomic E-state index is 13.7. The van der Waals surface area contributed by atoms with E-state index in [9.17, 15) is 9.59 Å². The van der Waals surface area contributed by atoms with Gasteiger partial charge in [0.2, 0.25) is 0 Å². The van der Waals surface area contributed by atoms with Crippen LogP contribution in [0.3, 0.4) is 0 Å². The molecule has 0 bridgehead atoms. The van der Waals surface area contributed by atoms with Crippen molar-refractivity contribution in [3.05, 3.63) is 105 Å². The van der Waals surface area contributed by atoms with Crippen LogP contribution in [0.15, 0.2) is 83.8 Å². The third-order valence-corrected chi connectivity index (χ3v) is 6.62. The van der Waals surface area contributed by atoms with Gasteiger partial charge in [-0.15, -0.1) is 0 Å². The van der Waals surface area contributed by atoms with E-state index in [2.05, 4.69) is 15.3 Å². The summed E-state index contributed by atoms with van der Waals surface area (Å²) in [5, 5.41) is 8.02. The zero-order valence-electron chi connectivity index (χ0n) is 21.2. The number of nitrogens with one attached hydrogen (secondary N) is 1. The second-order valence-electron chi connectivity index (χ2n) is 9.30. The number of halogens is 1. The molecule has 3 aromatic carbocycles. The van der Waals surface area contributed by atoms with Gasteiger partial charge in [-0.05, 0) is 68.1 Å². The van der Waals surface area contributed by atoms with Crippen molar-refractivity contribution < 1.29 is 9.53 Å². The first kappa shape index (κ1) is 25.5. The highest BCUT2D eigenvalue weighted by Crippen LogP contribution is 2.30. The minimum Gasteiger partial charge on any atom is -0.453 e. The molecule has 1 saturated heterocycles. The minimum atomic E-state index is -0.423. The van der Waals surface area contributed by atoms with E-state index in [1.165, 1.54) is 10.9 Å². The van der Waals surface area contributed by atoms with Crippen LogP contribution in [0.1, 0.15) is 15.9 Å². The van der Waals surface area contributed by atoms with Crippen molar-refractivity contribution in [1.29, 1.82) is 0 Å². The molecule has 1 aliphatic rings. The van der Waals surface area contributed by atoms with Crippen molar-refractivity contribution in [3.63, 3.8) is 0 Å². The molecule has 0 radical (unpaired) electrons. The third-order valence-electron chi connectivity index (χ3n) is 6.38. The van der Waals surface area contributed by atoms with Crippen LogP contribution >= 0.6 is 11.6 Å². The zero-order chi connectivity index (χ0) is 26.6. The average Bonchev–Trinajstić information content (AvgIpc) is 2.91. The Balaban J connectivity index is 1.51. The number of likely N-dealkylation sites (N-methyl/N-ethyl adjacent to an activating group) is 1. The summed E-state index contributed by atoms with van der Waals surface area (Å²) in [4.78, 5) is 30.9. The van der Waals surface area contributed by atoms with E-state index in [0.29, 0.717) is 40.8 Å². The van der Waals surface area contributed by atoms with Gasteiger partial charge in [0.1, 0.15) is 5.75 Å². The standard InChI is InChI=1S/C29H28ClN5O3/c1-20-6-3-11-25(16-20)38-26-19-31-35(24-10-5-8-22(30)18-24)29(37)27(26)32-23-9-4-7-21(17-23)28(36)34-14-12-33(2)13-15-34/h3-11,16-19,32H,12-15H2,1-2H3. The lowest BCUT2D eigenvalue weighted by Crippen LogP contribution is -2.47. The summed E-state index contributed by atoms with van der Waals surface area (Å²) in [6, 6.07) is 21.6. The molecule has 0 unspecified atom stereocenters. The Morgan fingerprint density at radius 3 is 2.50 bits per heavy atom. The second-order valence-corrected chi connectivity index (χ2v) is 9.74. The number of hydrogen-bond acceptors (Lipinski definition) is 6. The van der Waals surface area contributed by atoms with Gasteiger partial charge in [0.25, 0.3) is 11.5 Å². The Morgan fingerprint density at radius 1 is 0.974 bits per heavy atom. The van der Waals surface area contributed by atoms with Crippen LogP contribution in [0.5, 0.6) is 11.5 Å². The van der Waals surface area contributed by atoms with E-state index < -0.39 is 5.56 Å². The van der Waals surface area contributed by atoms with E-state index in [4.69, 9.17) is 16.3 Å². The summed E-state index contributed by atoms with van der Waals surface area (Å²) >= 11 is 6.17. The summed E-state index contributed by atoms with van der Waals surface area (Å²) in [5.74, 6) is 0.799. The fourth-order valence-corrected chi connectivity index (χ4v) is 4.48. The molecule has 1 amide bonds. The Bertz CT molecular complexity index is 1530. The van der Waals surface area contributed by atoms with E-state index in [0.717, 1.165) is 18.7 Å². The van der Waals surface area contributed by atoms with Crippen LogP contribution in [0.4, 0.5) is 11.4 Å². The summed E-state index contributed by atoms with van der Waals surface area (Å²) < 4.78 is 7.36. The van der Waals surface area contributed by atoms with Crippen molar-refractivity contribution >= 4 is 28.9 Å². The summed E-state index contributed by atoms with van der Waals surface area (Å²) in [5.41, 5.74) is 2.43. The highest BCUT2D eigenvalue weighted by molar-refractivity contribution is 6.30. The largest absolute Gasteiger partial charge is 0.453 e. The molecule has 5 rings (SSSR count). The third kappa shape index (κ3) is 5.72. The second kappa shape index (κ2) is 11.1. The maximum absolute atomic E-state index is 13.7. The SMILES string of the molecule is Cc1cccc(Oc2cnn(-c3cccc(Cl)c3)c(=O)c2Nc2cccc(C(=O)N3CCN(C)CC3)c2)c1. The number of rotatable bonds is 6. The van der Waals surface area contributed by atoms with E-state index >= 15 is 0 Å². The Labute approximate surface area is 226 Å². The first-order chi connectivity index (χ1) is 18.4. The highest BCUT2D eigenvalue weighted by atomic mass is 35.5. The van der Waals surface area contributed by atoms with Gasteiger partial charge >= 0.3 is 0 Å². The van der Waals surface area contributed by atoms with E-state index in [1.807, 2.05) is 43.1 Å². The Hall–Kier alpha value is -4.14. The molecule has 0 spiro atoms. The lowest BCUT2D eigenvalue weighted by atomic mass is 10.1. The van der Waals surface area contributed by atoms with E-state index in [-0.39, 0.29) is 17.3 Å². The van der Waals surface area contributed by atoms with Gasteiger partial charge in [-0.3, -0.25) is 9.59 Å². The topological polar surface area (TPSA) is 79.7 Å². The van der Waals surface area contributed by atoms with Gasteiger partial charge in [0, 0.05) is 42.5 Å². The van der Waals surface area contributed by atoms with Crippen LogP contribution in [-0.2, 0) is 0 Å². The van der Waals surface area contributed by atoms with Crippen LogP contribution in [0.2, 0.25) is 5.02 Å². The first-order valence-corrected chi connectivity index (χ1v) is 12.7. The lowest BCUT2D eigenvalue weighted by molar-refractivity contribution is 0.0664. The van der Waals surface area contributed by atoms with Crippen molar-refractivity contribution in [2.45, 2.75) is 6.92 Å². The monoisotopic (exact) mass is 529 g/mol. The molecule has 38 heavy (non-hydrogen) atoms. The predicted octanol–water partition coefficient (Wildman–Crippen LogP) is 5.12. The number of carbonyl (C=O) groups is 1. The van der Waals surface area contributed by atoms with Crippen LogP contribution in [-0.4, -0.2) is 58.7 Å². The molecule has 1 N–H and O–H groups in total. The molecule has 1 aliphatic heterocycles. The first-order valence-electron chi connectivity index (χ1n) is 12.3. The van der Waals surface area contributed by atoms with Crippen LogP contribution in [0, 0.1) is 6.92 Å². The lowest BCUT2D eigenvalue weighted by Gasteiger charge is -2.32. The quantitative estimate of drug-likeness (QED) is 0.373. The smallest absolute Gasteiger partial charge is 0.299 e. The number of anilines is 2. The summed E-state index contributed by atoms with van der Waals surface area (Å²) in [7, 11) is 2.05. The fourth-order valence-electron chi connectivity index (χ4n) is 4.29. The average molecular weight is 530 g/mol. The van der Waals surface area contributed by atoms with Crippen molar-refractivity contribution in [2.24, 2.45) is 0 Å². The van der Waals surface area contributed by atoms with Crippen molar-refractivity contribution in [3.8, 4) is 17.2 Å². The number of hydrogen-bond donors (Lipinski definition) is 1. The number of ether oxygens (including phenoxy) is 1. The van der Waals surface area contributed by atoms with Gasteiger partial charge in [0.15, 0.2) is 11.4 Å². The molecule has 194 valence electrons. The number of aryl methyl sites for hydroxylation is 1. The van der Waals surface area contributed by atoms with Crippen molar-refractivity contribution in [1.82, 2.24) is 19.6 Å². The van der Waals surface area contributed by atoms with Crippen LogP contribution in [0.25, 0.3) is 5.69 Å². The summed E-state index contributed by atoms with van der Waals surface area (Å²) in [6.07, 6.45) is 1.49. The van der Waals surface area contributed by atoms with Crippen molar-refractivity contribution in [2.75, 3.05) is 38.5 Å². The molecule has 8 nitrogen and oxygen atoms in total. The fraction of sp³-hybridized carbons (Fsp3) is 0.207. The molecule has 1 fully saturated rings. The number of piperazine rings is 1. The number of benzene rings is 3. The Morgan fingerprint density at radius 2 is 1.74 bits per heavy atom. The van der Waals surface area contributed by atoms with E-state index in [1.54, 1.807) is 48.5 Å². The molecule has 0 aliphatic carbocycles. The Kier molecular flexibility index (Phi) is 7.44. The zero-order valence-corrected chi connectivity index (χ0v) is 22.0. The molecule has 9 heteroatoms. The minimum absolute atomic E-state index is 0.0379. The van der Waals surface area contributed by atoms with Gasteiger partial charge in [-0.2, -0.15) is 9.78 Å². The number of aromatic nitrogens is 2. The molecular formula is C29H28ClN5O3. The van der Waals surface area contributed by atoms with Gasteiger partial charge in [-0.25, -0.2) is 0 Å². The summed E-state index contributed by atoms with van der Waals surface area (Å²) in [6.45, 7) is 4.99. The van der Waals surface area contributed by atoms with Gasteiger partial charge < -0.3 is 19.9 Å². The van der Waals surface area contributed by atoms with Crippen LogP contribution < -0.4 is 15.6 Å². The molecular weight excluding hydrogens is 502 g/mol. The molecule has 0 saturated carbocycles. The predicted molar refractivity (Wildman–Crippen MR) is 149 cm³/mol. The van der Waals surface area contributed by atoms with Gasteiger partial charge in [0.05, 0.1) is 11.9 Å². The molecule has 1 aromatic heterocycles. The van der Waals surface area contributed by atoms with Gasteiger partial charge in [-0.1, -0.05) is 35.9 Å². The normalized spacial score (nSPS) is 13.8. The molecule has 4 aromatic rings. The molecule has 0 atom stereocenters.